The van der Waals surface area contributed by atoms with E-state index in [0.717, 1.165) is 22.4 Å². The first-order chi connectivity index (χ1) is 9.67. The van der Waals surface area contributed by atoms with Crippen molar-refractivity contribution in [3.63, 3.8) is 0 Å². The van der Waals surface area contributed by atoms with Crippen molar-refractivity contribution in [2.45, 2.75) is 24.8 Å². The predicted molar refractivity (Wildman–Crippen MR) is 85.4 cm³/mol. The van der Waals surface area contributed by atoms with E-state index < -0.39 is 0 Å². The number of hydrogen-bond donors (Lipinski definition) is 3. The lowest BCUT2D eigenvalue weighted by Gasteiger charge is -2.20. The largest absolute Gasteiger partial charge is 0.383 e. The molecule has 0 aliphatic carbocycles. The summed E-state index contributed by atoms with van der Waals surface area (Å²) in [6.07, 6.45) is 1.71. The van der Waals surface area contributed by atoms with Gasteiger partial charge in [-0.05, 0) is 42.0 Å². The Morgan fingerprint density at radius 3 is 2.50 bits per heavy atom. The molecule has 1 unspecified atom stereocenters. The van der Waals surface area contributed by atoms with Gasteiger partial charge in [0.1, 0.15) is 5.82 Å². The number of hydrogen-bond acceptors (Lipinski definition) is 5. The van der Waals surface area contributed by atoms with Gasteiger partial charge in [-0.2, -0.15) is 0 Å². The van der Waals surface area contributed by atoms with E-state index >= 15 is 0 Å². The minimum Gasteiger partial charge on any atom is -0.383 e. The topological polar surface area (TPSA) is 77.0 Å². The van der Waals surface area contributed by atoms with Gasteiger partial charge in [0.25, 0.3) is 0 Å². The number of aromatic nitrogens is 1. The van der Waals surface area contributed by atoms with Crippen LogP contribution in [0.4, 0.5) is 5.82 Å². The molecule has 0 bridgehead atoms. The van der Waals surface area contributed by atoms with Crippen LogP contribution in [0.1, 0.15) is 29.7 Å². The molecular weight excluding hydrogens is 268 g/mol. The third-order valence-electron chi connectivity index (χ3n) is 3.22. The van der Waals surface area contributed by atoms with Gasteiger partial charge in [0.2, 0.25) is 0 Å². The predicted octanol–water partition coefficient (Wildman–Crippen LogP) is 2.64. The Balaban J connectivity index is 2.37. The molecule has 2 aromatic rings. The number of rotatable bonds is 5. The minimum atomic E-state index is -0.149. The first-order valence-corrected chi connectivity index (χ1v) is 7.55. The minimum absolute atomic E-state index is 0.149. The molecule has 2 rings (SSSR count). The number of anilines is 1. The summed E-state index contributed by atoms with van der Waals surface area (Å²) >= 11 is 1.82. The molecule has 0 fully saturated rings. The molecule has 0 saturated carbocycles. The van der Waals surface area contributed by atoms with Crippen molar-refractivity contribution >= 4 is 17.6 Å². The number of thioether (sulfide) groups is 1. The summed E-state index contributed by atoms with van der Waals surface area (Å²) in [7, 11) is 0. The first-order valence-electron chi connectivity index (χ1n) is 6.57. The van der Waals surface area contributed by atoms with E-state index in [4.69, 9.17) is 11.6 Å². The third kappa shape index (κ3) is 3.12. The number of benzene rings is 1. The fourth-order valence-electron chi connectivity index (χ4n) is 2.24. The van der Waals surface area contributed by atoms with Crippen LogP contribution in [0.3, 0.4) is 0 Å². The van der Waals surface area contributed by atoms with Crippen molar-refractivity contribution in [3.05, 3.63) is 53.2 Å². The molecule has 5 heteroatoms. The Bertz CT molecular complexity index is 548. The fraction of sp³-hybridized carbons (Fsp3) is 0.267. The van der Waals surface area contributed by atoms with Gasteiger partial charge in [-0.15, -0.1) is 11.8 Å². The van der Waals surface area contributed by atoms with Crippen LogP contribution >= 0.6 is 11.8 Å². The Morgan fingerprint density at radius 1 is 1.25 bits per heavy atom. The molecule has 0 saturated heterocycles. The number of nitrogens with two attached hydrogens (primary N) is 2. The maximum atomic E-state index is 6.00. The molecule has 0 aliphatic rings. The Labute approximate surface area is 123 Å². The van der Waals surface area contributed by atoms with Crippen LogP contribution < -0.4 is 17.0 Å². The van der Waals surface area contributed by atoms with E-state index in [-0.39, 0.29) is 6.04 Å². The summed E-state index contributed by atoms with van der Waals surface area (Å²) in [6, 6.07) is 10.2. The molecule has 1 atom stereocenters. The quantitative estimate of drug-likeness (QED) is 0.448. The number of hydrazine groups is 1. The van der Waals surface area contributed by atoms with Crippen LogP contribution in [-0.2, 0) is 0 Å². The number of pyridine rings is 1. The second-order valence-corrected chi connectivity index (χ2v) is 5.87. The third-order valence-corrected chi connectivity index (χ3v) is 4.11. The number of aryl methyl sites for hydroxylation is 1. The lowest BCUT2D eigenvalue weighted by Crippen LogP contribution is -2.30. The van der Waals surface area contributed by atoms with Crippen molar-refractivity contribution in [1.82, 2.24) is 10.4 Å². The number of nitrogens with zero attached hydrogens (tertiary/aromatic N) is 1. The van der Waals surface area contributed by atoms with Crippen molar-refractivity contribution in [3.8, 4) is 0 Å². The zero-order chi connectivity index (χ0) is 14.5. The van der Waals surface area contributed by atoms with Gasteiger partial charge >= 0.3 is 0 Å². The highest BCUT2D eigenvalue weighted by atomic mass is 32.2. The number of nitrogens with one attached hydrogen (secondary N) is 1. The van der Waals surface area contributed by atoms with Gasteiger partial charge in [-0.3, -0.25) is 5.84 Å². The van der Waals surface area contributed by atoms with Crippen molar-refractivity contribution in [2.75, 3.05) is 11.5 Å². The normalized spacial score (nSPS) is 12.3. The second-order valence-electron chi connectivity index (χ2n) is 4.53. The van der Waals surface area contributed by atoms with E-state index in [0.29, 0.717) is 5.82 Å². The summed E-state index contributed by atoms with van der Waals surface area (Å²) in [5.41, 5.74) is 11.9. The van der Waals surface area contributed by atoms with Crippen LogP contribution in [0.25, 0.3) is 0 Å². The van der Waals surface area contributed by atoms with Crippen LogP contribution in [0, 0.1) is 6.92 Å². The molecule has 0 amide bonds. The van der Waals surface area contributed by atoms with Gasteiger partial charge in [-0.1, -0.05) is 19.1 Å². The fourth-order valence-corrected chi connectivity index (χ4v) is 2.90. The zero-order valence-electron chi connectivity index (χ0n) is 11.8. The summed E-state index contributed by atoms with van der Waals surface area (Å²) in [6.45, 7) is 4.15. The lowest BCUT2D eigenvalue weighted by molar-refractivity contribution is 0.633. The van der Waals surface area contributed by atoms with Crippen molar-refractivity contribution < 1.29 is 0 Å². The highest BCUT2D eigenvalue weighted by molar-refractivity contribution is 7.99. The summed E-state index contributed by atoms with van der Waals surface area (Å²) in [5, 5.41) is 0. The average Bonchev–Trinajstić information content (AvgIpc) is 2.45. The van der Waals surface area contributed by atoms with E-state index in [1.54, 1.807) is 6.20 Å². The van der Waals surface area contributed by atoms with E-state index in [2.05, 4.69) is 41.6 Å². The van der Waals surface area contributed by atoms with E-state index in [1.807, 2.05) is 24.8 Å². The molecule has 20 heavy (non-hydrogen) atoms. The number of nitrogen functional groups attached to an aromatic ring is 1. The standard InChI is InChI=1S/C15H20N4S/c1-3-20-12-6-4-11(5-7-12)14(19-17)13-10(2)8-9-18-15(13)16/h4-9,14,19H,3,17H2,1-2H3,(H2,16,18). The molecule has 4 nitrogen and oxygen atoms in total. The molecule has 106 valence electrons. The maximum Gasteiger partial charge on any atom is 0.128 e. The molecule has 0 radical (unpaired) electrons. The molecule has 1 heterocycles. The zero-order valence-corrected chi connectivity index (χ0v) is 12.6. The molecule has 1 aromatic carbocycles. The smallest absolute Gasteiger partial charge is 0.128 e. The second kappa shape index (κ2) is 6.74. The average molecular weight is 288 g/mol. The highest BCUT2D eigenvalue weighted by Crippen LogP contribution is 2.29. The monoisotopic (exact) mass is 288 g/mol. The van der Waals surface area contributed by atoms with Crippen LogP contribution in [0.5, 0.6) is 0 Å². The van der Waals surface area contributed by atoms with Gasteiger partial charge in [0, 0.05) is 16.7 Å². The molecule has 0 spiro atoms. The van der Waals surface area contributed by atoms with Gasteiger partial charge in [0.15, 0.2) is 0 Å². The van der Waals surface area contributed by atoms with Crippen LogP contribution in [0.2, 0.25) is 0 Å². The van der Waals surface area contributed by atoms with Gasteiger partial charge < -0.3 is 5.73 Å². The SMILES string of the molecule is CCSc1ccc(C(NN)c2c(C)ccnc2N)cc1. The molecular formula is C15H20N4S. The Kier molecular flexibility index (Phi) is 5.00. The summed E-state index contributed by atoms with van der Waals surface area (Å²) < 4.78 is 0. The lowest BCUT2D eigenvalue weighted by atomic mass is 9.96. The summed E-state index contributed by atoms with van der Waals surface area (Å²) in [4.78, 5) is 5.41. The van der Waals surface area contributed by atoms with E-state index in [1.165, 1.54) is 4.90 Å². The van der Waals surface area contributed by atoms with Crippen molar-refractivity contribution in [2.24, 2.45) is 5.84 Å². The first kappa shape index (κ1) is 14.8. The molecule has 1 aromatic heterocycles. The van der Waals surface area contributed by atoms with E-state index in [9.17, 15) is 0 Å². The Morgan fingerprint density at radius 2 is 1.95 bits per heavy atom. The Hall–Kier alpha value is -1.56. The van der Waals surface area contributed by atoms with Gasteiger partial charge in [0.05, 0.1) is 6.04 Å². The van der Waals surface area contributed by atoms with Crippen LogP contribution in [0.15, 0.2) is 41.4 Å². The highest BCUT2D eigenvalue weighted by Gasteiger charge is 2.18. The van der Waals surface area contributed by atoms with Crippen LogP contribution in [-0.4, -0.2) is 10.7 Å². The summed E-state index contributed by atoms with van der Waals surface area (Å²) in [5.74, 6) is 7.31. The van der Waals surface area contributed by atoms with Gasteiger partial charge in [-0.25, -0.2) is 10.4 Å². The maximum absolute atomic E-state index is 6.00. The molecule has 0 aliphatic heterocycles. The van der Waals surface area contributed by atoms with Crippen molar-refractivity contribution in [1.29, 1.82) is 0 Å². The molecule has 5 N–H and O–H groups in total.